The van der Waals surface area contributed by atoms with Gasteiger partial charge < -0.3 is 10.1 Å². The zero-order chi connectivity index (χ0) is 15.4. The van der Waals surface area contributed by atoms with Crippen molar-refractivity contribution < 1.29 is 9.13 Å². The van der Waals surface area contributed by atoms with Crippen LogP contribution in [0.5, 0.6) is 5.75 Å². The molecule has 21 heavy (non-hydrogen) atoms. The van der Waals surface area contributed by atoms with Crippen molar-refractivity contribution in [3.05, 3.63) is 64.4 Å². The Labute approximate surface area is 129 Å². The third-order valence-electron chi connectivity index (χ3n) is 3.54. The summed E-state index contributed by atoms with van der Waals surface area (Å²) in [5, 5.41) is 4.06. The van der Waals surface area contributed by atoms with Crippen LogP contribution in [-0.4, -0.2) is 7.11 Å². The summed E-state index contributed by atoms with van der Waals surface area (Å²) in [5.74, 6) is 0.266. The standard InChI is InChI=1S/C17H19ClFNO/c1-11(13-7-4-5-8-14(13)18)20-12(2)17-15(19)9-6-10-16(17)21-3/h4-12,20H,1-3H3. The van der Waals surface area contributed by atoms with Gasteiger partial charge in [-0.25, -0.2) is 4.39 Å². The van der Waals surface area contributed by atoms with E-state index >= 15 is 0 Å². The van der Waals surface area contributed by atoms with Gasteiger partial charge in [-0.05, 0) is 37.6 Å². The van der Waals surface area contributed by atoms with Crippen molar-refractivity contribution in [2.24, 2.45) is 0 Å². The van der Waals surface area contributed by atoms with Gasteiger partial charge in [0.05, 0.1) is 7.11 Å². The minimum atomic E-state index is -0.277. The predicted octanol–water partition coefficient (Wildman–Crippen LogP) is 4.90. The number of rotatable bonds is 5. The number of ether oxygens (including phenoxy) is 1. The van der Waals surface area contributed by atoms with Crippen LogP contribution in [0, 0.1) is 5.82 Å². The van der Waals surface area contributed by atoms with E-state index in [9.17, 15) is 4.39 Å². The summed E-state index contributed by atoms with van der Waals surface area (Å²) in [4.78, 5) is 0. The molecular formula is C17H19ClFNO. The molecule has 0 aliphatic carbocycles. The van der Waals surface area contributed by atoms with E-state index in [0.29, 0.717) is 16.3 Å². The molecule has 2 aromatic carbocycles. The van der Waals surface area contributed by atoms with E-state index in [2.05, 4.69) is 5.32 Å². The molecule has 2 unspecified atom stereocenters. The highest BCUT2D eigenvalue weighted by atomic mass is 35.5. The average molecular weight is 308 g/mol. The van der Waals surface area contributed by atoms with Gasteiger partial charge >= 0.3 is 0 Å². The largest absolute Gasteiger partial charge is 0.496 e. The molecule has 112 valence electrons. The summed E-state index contributed by atoms with van der Waals surface area (Å²) >= 11 is 6.20. The molecule has 2 aromatic rings. The van der Waals surface area contributed by atoms with Gasteiger partial charge in [0, 0.05) is 22.7 Å². The summed E-state index contributed by atoms with van der Waals surface area (Å²) in [6.45, 7) is 3.92. The summed E-state index contributed by atoms with van der Waals surface area (Å²) in [7, 11) is 1.54. The van der Waals surface area contributed by atoms with Gasteiger partial charge in [0.1, 0.15) is 11.6 Å². The van der Waals surface area contributed by atoms with E-state index in [1.54, 1.807) is 19.2 Å². The molecule has 0 fully saturated rings. The van der Waals surface area contributed by atoms with Crippen LogP contribution in [0.25, 0.3) is 0 Å². The second kappa shape index (κ2) is 6.92. The third kappa shape index (κ3) is 3.55. The van der Waals surface area contributed by atoms with Gasteiger partial charge in [-0.2, -0.15) is 0 Å². The van der Waals surface area contributed by atoms with Gasteiger partial charge in [0.25, 0.3) is 0 Å². The van der Waals surface area contributed by atoms with Crippen LogP contribution in [-0.2, 0) is 0 Å². The number of halogens is 2. The minimum absolute atomic E-state index is 0.00184. The van der Waals surface area contributed by atoms with Crippen molar-refractivity contribution >= 4 is 11.6 Å². The molecule has 2 nitrogen and oxygen atoms in total. The molecule has 0 spiro atoms. The quantitative estimate of drug-likeness (QED) is 0.848. The maximum Gasteiger partial charge on any atom is 0.131 e. The van der Waals surface area contributed by atoms with Crippen molar-refractivity contribution in [2.75, 3.05) is 7.11 Å². The van der Waals surface area contributed by atoms with Crippen LogP contribution < -0.4 is 10.1 Å². The number of methoxy groups -OCH3 is 1. The molecule has 0 saturated heterocycles. The van der Waals surface area contributed by atoms with Crippen LogP contribution in [0.4, 0.5) is 4.39 Å². The number of benzene rings is 2. The first-order chi connectivity index (χ1) is 10.0. The summed E-state index contributed by atoms with van der Waals surface area (Å²) in [6, 6.07) is 12.3. The molecular weight excluding hydrogens is 289 g/mol. The summed E-state index contributed by atoms with van der Waals surface area (Å²) in [6.07, 6.45) is 0. The van der Waals surface area contributed by atoms with E-state index in [4.69, 9.17) is 16.3 Å². The predicted molar refractivity (Wildman–Crippen MR) is 84.4 cm³/mol. The SMILES string of the molecule is COc1cccc(F)c1C(C)NC(C)c1ccccc1Cl. The molecule has 2 rings (SSSR count). The van der Waals surface area contributed by atoms with Crippen molar-refractivity contribution in [3.8, 4) is 5.75 Å². The lowest BCUT2D eigenvalue weighted by atomic mass is 10.0. The van der Waals surface area contributed by atoms with Gasteiger partial charge in [0.15, 0.2) is 0 Å². The highest BCUT2D eigenvalue weighted by molar-refractivity contribution is 6.31. The van der Waals surface area contributed by atoms with E-state index in [-0.39, 0.29) is 17.9 Å². The number of hydrogen-bond acceptors (Lipinski definition) is 2. The molecule has 0 bridgehead atoms. The molecule has 0 saturated carbocycles. The van der Waals surface area contributed by atoms with E-state index in [0.717, 1.165) is 5.56 Å². The Morgan fingerprint density at radius 3 is 2.43 bits per heavy atom. The van der Waals surface area contributed by atoms with Gasteiger partial charge in [-0.15, -0.1) is 0 Å². The molecule has 0 aromatic heterocycles. The molecule has 0 aliphatic heterocycles. The maximum absolute atomic E-state index is 14.1. The fourth-order valence-corrected chi connectivity index (χ4v) is 2.79. The van der Waals surface area contributed by atoms with Crippen molar-refractivity contribution in [3.63, 3.8) is 0 Å². The molecule has 0 radical (unpaired) electrons. The zero-order valence-corrected chi connectivity index (χ0v) is 13.1. The highest BCUT2D eigenvalue weighted by Crippen LogP contribution is 2.30. The van der Waals surface area contributed by atoms with E-state index in [1.807, 2.05) is 38.1 Å². The Morgan fingerprint density at radius 1 is 1.05 bits per heavy atom. The molecule has 0 amide bonds. The summed E-state index contributed by atoms with van der Waals surface area (Å²) < 4.78 is 19.3. The van der Waals surface area contributed by atoms with Gasteiger partial charge in [-0.1, -0.05) is 35.9 Å². The Morgan fingerprint density at radius 2 is 1.76 bits per heavy atom. The first kappa shape index (κ1) is 15.8. The Kier molecular flexibility index (Phi) is 5.21. The topological polar surface area (TPSA) is 21.3 Å². The average Bonchev–Trinajstić information content (AvgIpc) is 2.46. The van der Waals surface area contributed by atoms with Crippen LogP contribution >= 0.6 is 11.6 Å². The smallest absolute Gasteiger partial charge is 0.131 e. The number of hydrogen-bond donors (Lipinski definition) is 1. The molecule has 0 heterocycles. The maximum atomic E-state index is 14.1. The second-order valence-electron chi connectivity index (χ2n) is 4.99. The first-order valence-corrected chi connectivity index (χ1v) is 7.25. The molecule has 4 heteroatoms. The zero-order valence-electron chi connectivity index (χ0n) is 12.4. The monoisotopic (exact) mass is 307 g/mol. The first-order valence-electron chi connectivity index (χ1n) is 6.87. The third-order valence-corrected chi connectivity index (χ3v) is 3.88. The van der Waals surface area contributed by atoms with Gasteiger partial charge in [-0.3, -0.25) is 0 Å². The lowest BCUT2D eigenvalue weighted by Gasteiger charge is -2.23. The van der Waals surface area contributed by atoms with Crippen LogP contribution in [0.15, 0.2) is 42.5 Å². The van der Waals surface area contributed by atoms with Crippen molar-refractivity contribution in [2.45, 2.75) is 25.9 Å². The Hall–Kier alpha value is -1.58. The van der Waals surface area contributed by atoms with Crippen molar-refractivity contribution in [1.82, 2.24) is 5.32 Å². The minimum Gasteiger partial charge on any atom is -0.496 e. The molecule has 0 aliphatic rings. The van der Waals surface area contributed by atoms with E-state index in [1.165, 1.54) is 6.07 Å². The van der Waals surface area contributed by atoms with E-state index < -0.39 is 0 Å². The van der Waals surface area contributed by atoms with Crippen LogP contribution in [0.1, 0.15) is 37.1 Å². The van der Waals surface area contributed by atoms with Crippen LogP contribution in [0.2, 0.25) is 5.02 Å². The Bertz CT molecular complexity index is 617. The second-order valence-corrected chi connectivity index (χ2v) is 5.39. The fraction of sp³-hybridized carbons (Fsp3) is 0.294. The lowest BCUT2D eigenvalue weighted by molar-refractivity contribution is 0.387. The summed E-state index contributed by atoms with van der Waals surface area (Å²) in [5.41, 5.74) is 1.51. The van der Waals surface area contributed by atoms with Gasteiger partial charge in [0.2, 0.25) is 0 Å². The number of nitrogens with one attached hydrogen (secondary N) is 1. The molecule has 2 atom stereocenters. The lowest BCUT2D eigenvalue weighted by Crippen LogP contribution is -2.24. The van der Waals surface area contributed by atoms with Crippen molar-refractivity contribution in [1.29, 1.82) is 0 Å². The Balaban J connectivity index is 2.22. The fourth-order valence-electron chi connectivity index (χ4n) is 2.49. The highest BCUT2D eigenvalue weighted by Gasteiger charge is 2.19. The molecule has 1 N–H and O–H groups in total. The van der Waals surface area contributed by atoms with Crippen LogP contribution in [0.3, 0.4) is 0 Å². The normalized spacial score (nSPS) is 13.8.